The summed E-state index contributed by atoms with van der Waals surface area (Å²) in [4.78, 5) is 15.7. The van der Waals surface area contributed by atoms with Crippen LogP contribution in [0.3, 0.4) is 0 Å². The van der Waals surface area contributed by atoms with Gasteiger partial charge in [0, 0.05) is 12.6 Å². The fraction of sp³-hybridized carbons (Fsp3) is 0.567. The van der Waals surface area contributed by atoms with Crippen molar-refractivity contribution in [2.45, 2.75) is 75.7 Å². The summed E-state index contributed by atoms with van der Waals surface area (Å²) in [5, 5.41) is 3.67. The number of unbranched alkanes of at least 4 members (excludes halogenated alkanes) is 5. The monoisotopic (exact) mass is 461 g/mol. The third-order valence-electron chi connectivity index (χ3n) is 8.17. The highest BCUT2D eigenvalue weighted by atomic mass is 16.1. The molecule has 4 heteroatoms. The van der Waals surface area contributed by atoms with Gasteiger partial charge in [0.05, 0.1) is 0 Å². The smallest absolute Gasteiger partial charge is 0.232 e. The number of benzene rings is 2. The first kappa shape index (κ1) is 24.9. The average molecular weight is 462 g/mol. The molecular formula is C30H43N3O. The minimum Gasteiger partial charge on any atom is -0.369 e. The lowest BCUT2D eigenvalue weighted by molar-refractivity contribution is -0.123. The highest BCUT2D eigenvalue weighted by Crippen LogP contribution is 2.43. The second-order valence-electron chi connectivity index (χ2n) is 10.4. The third kappa shape index (κ3) is 5.90. The summed E-state index contributed by atoms with van der Waals surface area (Å²) in [6, 6.07) is 21.2. The number of likely N-dealkylation sites (tertiary alicyclic amines) is 1. The van der Waals surface area contributed by atoms with E-state index in [9.17, 15) is 4.79 Å². The van der Waals surface area contributed by atoms with E-state index in [0.29, 0.717) is 0 Å². The molecular weight excluding hydrogens is 418 g/mol. The van der Waals surface area contributed by atoms with E-state index in [1.807, 2.05) is 36.4 Å². The number of carbonyl (C=O) groups is 1. The molecule has 0 radical (unpaired) electrons. The Hall–Kier alpha value is -2.17. The third-order valence-corrected chi connectivity index (χ3v) is 8.17. The molecule has 0 bridgehead atoms. The molecule has 1 saturated heterocycles. The minimum atomic E-state index is -0.773. The summed E-state index contributed by atoms with van der Waals surface area (Å²) in [6.45, 7) is 4.30. The van der Waals surface area contributed by atoms with E-state index in [1.54, 1.807) is 0 Å². The lowest BCUT2D eigenvalue weighted by Crippen LogP contribution is -2.49. The number of carbonyl (C=O) groups excluding carboxylic acids is 1. The van der Waals surface area contributed by atoms with E-state index in [4.69, 9.17) is 5.73 Å². The summed E-state index contributed by atoms with van der Waals surface area (Å²) >= 11 is 0. The predicted molar refractivity (Wildman–Crippen MR) is 141 cm³/mol. The van der Waals surface area contributed by atoms with Crippen LogP contribution >= 0.6 is 0 Å². The molecule has 34 heavy (non-hydrogen) atoms. The molecule has 1 atom stereocenters. The molecule has 1 saturated carbocycles. The van der Waals surface area contributed by atoms with Gasteiger partial charge in [-0.05, 0) is 68.8 Å². The van der Waals surface area contributed by atoms with Crippen molar-refractivity contribution in [1.82, 2.24) is 10.2 Å². The number of nitrogens with zero attached hydrogens (tertiary/aromatic N) is 1. The van der Waals surface area contributed by atoms with Crippen LogP contribution in [-0.2, 0) is 10.2 Å². The molecule has 4 nitrogen and oxygen atoms in total. The van der Waals surface area contributed by atoms with E-state index in [1.165, 1.54) is 64.3 Å². The van der Waals surface area contributed by atoms with E-state index in [0.717, 1.165) is 43.2 Å². The molecule has 3 N–H and O–H groups in total. The number of amides is 1. The van der Waals surface area contributed by atoms with Gasteiger partial charge in [0.2, 0.25) is 5.91 Å². The van der Waals surface area contributed by atoms with Gasteiger partial charge in [-0.1, -0.05) is 92.8 Å². The molecule has 2 aliphatic rings. The molecule has 4 rings (SSSR count). The number of hydrogen-bond donors (Lipinski definition) is 2. The lowest BCUT2D eigenvalue weighted by atomic mass is 9.64. The fourth-order valence-corrected chi connectivity index (χ4v) is 6.00. The summed E-state index contributed by atoms with van der Waals surface area (Å²) in [7, 11) is 0. The van der Waals surface area contributed by atoms with Gasteiger partial charge in [-0.3, -0.25) is 4.79 Å². The van der Waals surface area contributed by atoms with Crippen LogP contribution < -0.4 is 11.1 Å². The average Bonchev–Trinajstić information content (AvgIpc) is 3.30. The van der Waals surface area contributed by atoms with Crippen LogP contribution in [0.1, 0.15) is 75.3 Å². The van der Waals surface area contributed by atoms with E-state index in [2.05, 4.69) is 34.5 Å². The van der Waals surface area contributed by atoms with Gasteiger partial charge in [0.25, 0.3) is 0 Å². The van der Waals surface area contributed by atoms with E-state index < -0.39 is 5.41 Å². The largest absolute Gasteiger partial charge is 0.369 e. The quantitative estimate of drug-likeness (QED) is 0.377. The number of rotatable bonds is 14. The summed E-state index contributed by atoms with van der Waals surface area (Å²) in [5.41, 5.74) is 7.48. The highest BCUT2D eigenvalue weighted by molar-refractivity contribution is 5.91. The van der Waals surface area contributed by atoms with Crippen LogP contribution in [0, 0.1) is 5.92 Å². The zero-order valence-electron chi connectivity index (χ0n) is 20.8. The lowest BCUT2D eigenvalue weighted by Gasteiger charge is -2.37. The van der Waals surface area contributed by atoms with Crippen LogP contribution in [0.15, 0.2) is 60.7 Å². The van der Waals surface area contributed by atoms with Gasteiger partial charge in [0.1, 0.15) is 5.41 Å². The second kappa shape index (κ2) is 12.5. The van der Waals surface area contributed by atoms with Crippen molar-refractivity contribution in [2.24, 2.45) is 11.7 Å². The minimum absolute atomic E-state index is 0.193. The number of nitrogens with one attached hydrogen (secondary N) is 1. The molecule has 0 aromatic heterocycles. The van der Waals surface area contributed by atoms with Crippen molar-refractivity contribution >= 4 is 5.91 Å². The number of hydrogen-bond acceptors (Lipinski definition) is 3. The molecule has 1 amide bonds. The van der Waals surface area contributed by atoms with Crippen molar-refractivity contribution < 1.29 is 4.79 Å². The summed E-state index contributed by atoms with van der Waals surface area (Å²) in [5.74, 6) is -0.0403. The van der Waals surface area contributed by atoms with Gasteiger partial charge in [-0.15, -0.1) is 0 Å². The van der Waals surface area contributed by atoms with Crippen molar-refractivity contribution in [1.29, 1.82) is 0 Å². The maximum Gasteiger partial charge on any atom is 0.232 e. The molecule has 0 unspecified atom stereocenters. The number of primary amides is 1. The highest BCUT2D eigenvalue weighted by Gasteiger charge is 2.49. The Bertz CT molecular complexity index is 826. The summed E-state index contributed by atoms with van der Waals surface area (Å²) < 4.78 is 0. The van der Waals surface area contributed by atoms with Gasteiger partial charge in [-0.25, -0.2) is 0 Å². The van der Waals surface area contributed by atoms with Crippen LogP contribution in [0.25, 0.3) is 0 Å². The SMILES string of the molecule is NC(=O)C(c1ccccc1)(c1ccccc1)[C@H]1CCN(CCCCCCCCNC2CCC2)C1. The van der Waals surface area contributed by atoms with E-state index in [-0.39, 0.29) is 11.8 Å². The van der Waals surface area contributed by atoms with Gasteiger partial charge in [0.15, 0.2) is 0 Å². The van der Waals surface area contributed by atoms with Gasteiger partial charge >= 0.3 is 0 Å². The van der Waals surface area contributed by atoms with E-state index >= 15 is 0 Å². The maximum atomic E-state index is 13.2. The molecule has 2 aromatic carbocycles. The van der Waals surface area contributed by atoms with Crippen molar-refractivity contribution in [3.63, 3.8) is 0 Å². The van der Waals surface area contributed by atoms with Crippen molar-refractivity contribution in [3.05, 3.63) is 71.8 Å². The molecule has 2 aromatic rings. The van der Waals surface area contributed by atoms with Crippen molar-refractivity contribution in [3.8, 4) is 0 Å². The molecule has 1 aliphatic heterocycles. The standard InChI is InChI=1S/C30H43N3O/c31-29(34)30(25-14-7-5-8-15-25,26-16-9-6-10-17-26)27-20-23-33(24-27)22-12-4-2-1-3-11-21-32-28-18-13-19-28/h5-10,14-17,27-28,32H,1-4,11-13,18-24H2,(H2,31,34)/t27-/m0/s1. The van der Waals surface area contributed by atoms with Crippen LogP contribution in [0.2, 0.25) is 0 Å². The Balaban J connectivity index is 1.26. The van der Waals surface area contributed by atoms with Gasteiger partial charge < -0.3 is 16.0 Å². The Labute approximate surface area is 206 Å². The first-order valence-corrected chi connectivity index (χ1v) is 13.6. The van der Waals surface area contributed by atoms with Crippen LogP contribution in [0.4, 0.5) is 0 Å². The second-order valence-corrected chi connectivity index (χ2v) is 10.4. The molecule has 1 heterocycles. The maximum absolute atomic E-state index is 13.2. The first-order valence-electron chi connectivity index (χ1n) is 13.6. The molecule has 0 spiro atoms. The van der Waals surface area contributed by atoms with Crippen LogP contribution in [-0.4, -0.2) is 43.0 Å². The van der Waals surface area contributed by atoms with Crippen molar-refractivity contribution in [2.75, 3.05) is 26.2 Å². The molecule has 1 aliphatic carbocycles. The first-order chi connectivity index (χ1) is 16.7. The molecule has 2 fully saturated rings. The Morgan fingerprint density at radius 1 is 0.853 bits per heavy atom. The van der Waals surface area contributed by atoms with Gasteiger partial charge in [-0.2, -0.15) is 0 Å². The normalized spacial score (nSPS) is 19.2. The fourth-order valence-electron chi connectivity index (χ4n) is 6.00. The predicted octanol–water partition coefficient (Wildman–Crippen LogP) is 5.26. The Kier molecular flexibility index (Phi) is 9.18. The Morgan fingerprint density at radius 2 is 1.44 bits per heavy atom. The zero-order valence-corrected chi connectivity index (χ0v) is 20.8. The number of nitrogens with two attached hydrogens (primary N) is 1. The topological polar surface area (TPSA) is 58.4 Å². The zero-order chi connectivity index (χ0) is 23.6. The molecule has 184 valence electrons. The summed E-state index contributed by atoms with van der Waals surface area (Å²) in [6.07, 6.45) is 13.1. The Morgan fingerprint density at radius 3 is 2.00 bits per heavy atom. The van der Waals surface area contributed by atoms with Crippen LogP contribution in [0.5, 0.6) is 0 Å².